The van der Waals surface area contributed by atoms with E-state index in [0.717, 1.165) is 8.83 Å². The summed E-state index contributed by atoms with van der Waals surface area (Å²) >= 11 is 2.85. The summed E-state index contributed by atoms with van der Waals surface area (Å²) in [6.07, 6.45) is 0.841. The highest BCUT2D eigenvalue weighted by atomic mass is 32.2. The highest BCUT2D eigenvalue weighted by molar-refractivity contribution is 8.16. The third kappa shape index (κ3) is 6.70. The average molecular weight is 405 g/mol. The van der Waals surface area contributed by atoms with Gasteiger partial charge in [0.15, 0.2) is 0 Å². The Bertz CT molecular complexity index is 540. The quantitative estimate of drug-likeness (QED) is 0.559. The summed E-state index contributed by atoms with van der Waals surface area (Å²) in [6, 6.07) is 0. The molecule has 0 N–H and O–H groups in total. The van der Waals surface area contributed by atoms with E-state index in [4.69, 9.17) is 0 Å². The Morgan fingerprint density at radius 1 is 0.783 bits per heavy atom. The first-order chi connectivity index (χ1) is 10.8. The van der Waals surface area contributed by atoms with Crippen molar-refractivity contribution in [1.82, 2.24) is 8.83 Å². The molecule has 8 nitrogen and oxygen atoms in total. The van der Waals surface area contributed by atoms with Gasteiger partial charge in [-0.2, -0.15) is 0 Å². The zero-order valence-electron chi connectivity index (χ0n) is 12.5. The van der Waals surface area contributed by atoms with E-state index in [1.807, 2.05) is 0 Å². The van der Waals surface area contributed by atoms with Crippen molar-refractivity contribution in [2.24, 2.45) is 0 Å². The summed E-state index contributed by atoms with van der Waals surface area (Å²) in [5.41, 5.74) is 0. The van der Waals surface area contributed by atoms with Gasteiger partial charge in [-0.05, 0) is 0 Å². The number of rotatable bonds is 6. The van der Waals surface area contributed by atoms with Gasteiger partial charge in [0.25, 0.3) is 0 Å². The number of thioether (sulfide) groups is 2. The molecule has 1 saturated heterocycles. The van der Waals surface area contributed by atoms with E-state index >= 15 is 0 Å². The number of sulfonamides is 2. The fourth-order valence-electron chi connectivity index (χ4n) is 1.82. The number of aldehydes is 2. The molecule has 134 valence electrons. The SMILES string of the molecule is O=CCCN1N(CCC=O)S(=O)(=O)CCSCSCCS1(=O)=O. The van der Waals surface area contributed by atoms with Gasteiger partial charge in [-0.25, -0.2) is 16.8 Å². The summed E-state index contributed by atoms with van der Waals surface area (Å²) in [7, 11) is -7.77. The summed E-state index contributed by atoms with van der Waals surface area (Å²) in [5, 5.41) is 0.619. The number of nitrogens with zero attached hydrogens (tertiary/aromatic N) is 2. The standard InChI is InChI=1S/C11H20N2O6S4/c14-5-1-3-12-13(4-2-6-15)23(18,19)10-8-21-11-20-7-9-22(12,16)17/h5-6H,1-4,7-11H2. The second kappa shape index (κ2) is 9.99. The molecule has 0 atom stereocenters. The summed E-state index contributed by atoms with van der Waals surface area (Å²) in [6.45, 7) is -0.497. The molecule has 23 heavy (non-hydrogen) atoms. The van der Waals surface area contributed by atoms with E-state index < -0.39 is 20.0 Å². The van der Waals surface area contributed by atoms with E-state index in [0.29, 0.717) is 29.2 Å². The maximum absolute atomic E-state index is 12.5. The Hall–Kier alpha value is -0.140. The van der Waals surface area contributed by atoms with Gasteiger partial charge in [0, 0.05) is 42.5 Å². The van der Waals surface area contributed by atoms with Crippen LogP contribution in [-0.2, 0) is 29.6 Å². The minimum atomic E-state index is -3.89. The summed E-state index contributed by atoms with van der Waals surface area (Å²) in [5.74, 6) is 0.247. The zero-order valence-corrected chi connectivity index (χ0v) is 15.8. The van der Waals surface area contributed by atoms with Crippen LogP contribution in [0.15, 0.2) is 0 Å². The maximum atomic E-state index is 12.5. The van der Waals surface area contributed by atoms with Crippen molar-refractivity contribution in [3.05, 3.63) is 0 Å². The van der Waals surface area contributed by atoms with Gasteiger partial charge >= 0.3 is 0 Å². The Labute approximate surface area is 145 Å². The van der Waals surface area contributed by atoms with Crippen LogP contribution in [0.1, 0.15) is 12.8 Å². The van der Waals surface area contributed by atoms with E-state index in [1.165, 1.54) is 23.5 Å². The molecular formula is C11H20N2O6S4. The summed E-state index contributed by atoms with van der Waals surface area (Å²) < 4.78 is 51.5. The predicted molar refractivity (Wildman–Crippen MR) is 92.1 cm³/mol. The molecule has 0 aromatic carbocycles. The Morgan fingerprint density at radius 2 is 1.17 bits per heavy atom. The topological polar surface area (TPSA) is 109 Å². The van der Waals surface area contributed by atoms with Crippen molar-refractivity contribution >= 4 is 56.1 Å². The number of carbonyl (C=O) groups is 2. The van der Waals surface area contributed by atoms with Crippen LogP contribution >= 0.6 is 23.5 Å². The van der Waals surface area contributed by atoms with Crippen molar-refractivity contribution in [1.29, 1.82) is 0 Å². The van der Waals surface area contributed by atoms with Crippen LogP contribution in [0.2, 0.25) is 0 Å². The average Bonchev–Trinajstić information content (AvgIpc) is 2.49. The molecule has 0 amide bonds. The first kappa shape index (κ1) is 20.9. The number of hydrazine groups is 1. The second-order valence-corrected chi connectivity index (χ2v) is 11.1. The molecule has 12 heteroatoms. The molecule has 0 aliphatic carbocycles. The third-order valence-corrected chi connectivity index (χ3v) is 9.33. The normalized spacial score (nSPS) is 23.7. The van der Waals surface area contributed by atoms with Gasteiger partial charge in [-0.1, -0.05) is 0 Å². The van der Waals surface area contributed by atoms with Crippen LogP contribution in [-0.4, -0.2) is 79.4 Å². The Balaban J connectivity index is 3.22. The summed E-state index contributed by atoms with van der Waals surface area (Å²) in [4.78, 5) is 21.2. The molecule has 0 aromatic heterocycles. The molecule has 0 spiro atoms. The molecule has 1 aliphatic rings. The van der Waals surface area contributed by atoms with Crippen molar-refractivity contribution in [2.75, 3.05) is 41.2 Å². The van der Waals surface area contributed by atoms with Crippen molar-refractivity contribution in [2.45, 2.75) is 12.8 Å². The first-order valence-corrected chi connectivity index (χ1v) is 12.4. The lowest BCUT2D eigenvalue weighted by molar-refractivity contribution is -0.109. The van der Waals surface area contributed by atoms with Crippen molar-refractivity contribution < 1.29 is 26.4 Å². The van der Waals surface area contributed by atoms with E-state index in [2.05, 4.69) is 0 Å². The van der Waals surface area contributed by atoms with E-state index in [-0.39, 0.29) is 37.4 Å². The van der Waals surface area contributed by atoms with Crippen LogP contribution in [0, 0.1) is 0 Å². The molecule has 1 fully saturated rings. The maximum Gasteiger partial charge on any atom is 0.228 e. The Kier molecular flexibility index (Phi) is 9.08. The van der Waals surface area contributed by atoms with Gasteiger partial charge in [-0.3, -0.25) is 0 Å². The van der Waals surface area contributed by atoms with Gasteiger partial charge in [0.05, 0.1) is 11.5 Å². The number of hydrogen-bond acceptors (Lipinski definition) is 8. The molecular weight excluding hydrogens is 384 g/mol. The molecule has 1 aliphatic heterocycles. The number of carbonyl (C=O) groups excluding carboxylic acids is 2. The van der Waals surface area contributed by atoms with Gasteiger partial charge in [0.1, 0.15) is 12.6 Å². The van der Waals surface area contributed by atoms with E-state index in [9.17, 15) is 26.4 Å². The second-order valence-electron chi connectivity index (χ2n) is 4.57. The van der Waals surface area contributed by atoms with Crippen LogP contribution in [0.25, 0.3) is 0 Å². The highest BCUT2D eigenvalue weighted by Crippen LogP contribution is 2.20. The van der Waals surface area contributed by atoms with Gasteiger partial charge in [-0.15, -0.1) is 32.4 Å². The van der Waals surface area contributed by atoms with Crippen molar-refractivity contribution in [3.63, 3.8) is 0 Å². The lowest BCUT2D eigenvalue weighted by Crippen LogP contribution is -2.52. The minimum absolute atomic E-state index is 0.117. The lowest BCUT2D eigenvalue weighted by atomic mass is 10.5. The molecule has 0 bridgehead atoms. The van der Waals surface area contributed by atoms with Crippen molar-refractivity contribution in [3.8, 4) is 0 Å². The minimum Gasteiger partial charge on any atom is -0.303 e. The highest BCUT2D eigenvalue weighted by Gasteiger charge is 2.35. The predicted octanol–water partition coefficient (Wildman–Crippen LogP) is -0.219. The molecule has 1 rings (SSSR count). The van der Waals surface area contributed by atoms with Crippen LogP contribution < -0.4 is 0 Å². The van der Waals surface area contributed by atoms with Crippen LogP contribution in [0.4, 0.5) is 0 Å². The molecule has 0 unspecified atom stereocenters. The lowest BCUT2D eigenvalue weighted by Gasteiger charge is -2.32. The van der Waals surface area contributed by atoms with Crippen LogP contribution in [0.3, 0.4) is 0 Å². The molecule has 0 radical (unpaired) electrons. The molecule has 1 heterocycles. The fourth-order valence-corrected chi connectivity index (χ4v) is 8.38. The third-order valence-electron chi connectivity index (χ3n) is 2.91. The fraction of sp³-hybridized carbons (Fsp3) is 0.818. The van der Waals surface area contributed by atoms with Gasteiger partial charge in [0.2, 0.25) is 20.0 Å². The molecule has 0 aromatic rings. The smallest absolute Gasteiger partial charge is 0.228 e. The van der Waals surface area contributed by atoms with E-state index in [1.54, 1.807) is 0 Å². The largest absolute Gasteiger partial charge is 0.303 e. The Morgan fingerprint density at radius 3 is 1.52 bits per heavy atom. The van der Waals surface area contributed by atoms with Crippen LogP contribution in [0.5, 0.6) is 0 Å². The zero-order chi connectivity index (χ0) is 17.3. The monoisotopic (exact) mass is 404 g/mol. The number of hydrogen-bond donors (Lipinski definition) is 0. The van der Waals surface area contributed by atoms with Gasteiger partial charge < -0.3 is 9.59 Å². The first-order valence-electron chi connectivity index (χ1n) is 6.88. The molecule has 0 saturated carbocycles.